The molecule has 0 amide bonds. The van der Waals surface area contributed by atoms with Gasteiger partial charge in [0.05, 0.1) is 7.11 Å². The van der Waals surface area contributed by atoms with Crippen molar-refractivity contribution in [1.82, 2.24) is 15.2 Å². The second-order valence-corrected chi connectivity index (χ2v) is 1.73. The van der Waals surface area contributed by atoms with Crippen molar-refractivity contribution in [3.05, 3.63) is 15.9 Å². The topological polar surface area (TPSA) is 111 Å². The van der Waals surface area contributed by atoms with Gasteiger partial charge in [0.1, 0.15) is 0 Å². The summed E-state index contributed by atoms with van der Waals surface area (Å²) in [5.41, 5.74) is 0. The molecule has 12 heavy (non-hydrogen) atoms. The zero-order valence-corrected chi connectivity index (χ0v) is 5.97. The number of ether oxygens (including phenoxy) is 1. The lowest BCUT2D eigenvalue weighted by Gasteiger charge is -1.85. The van der Waals surface area contributed by atoms with E-state index in [1.54, 1.807) is 0 Å². The fourth-order valence-electron chi connectivity index (χ4n) is 0.517. The number of aromatic nitrogens is 3. The second-order valence-electron chi connectivity index (χ2n) is 1.73. The summed E-state index contributed by atoms with van der Waals surface area (Å²) in [4.78, 5) is 23.2. The number of aromatic amines is 1. The van der Waals surface area contributed by atoms with Gasteiger partial charge in [-0.2, -0.15) is 0 Å². The molecular formula is C4H4N4O4. The number of H-pyrrole nitrogens is 1. The zero-order valence-electron chi connectivity index (χ0n) is 5.97. The highest BCUT2D eigenvalue weighted by Crippen LogP contribution is 2.01. The molecule has 0 aliphatic carbocycles. The first-order valence-electron chi connectivity index (χ1n) is 2.80. The predicted octanol–water partition coefficient (Wildman–Crippen LogP) is -0.501. The summed E-state index contributed by atoms with van der Waals surface area (Å²) >= 11 is 0. The van der Waals surface area contributed by atoms with Gasteiger partial charge in [-0.05, 0) is 9.91 Å². The van der Waals surface area contributed by atoms with Gasteiger partial charge in [-0.25, -0.2) is 4.79 Å². The van der Waals surface area contributed by atoms with Crippen LogP contribution in [0, 0.1) is 10.1 Å². The number of nitrogens with one attached hydrogen (secondary N) is 1. The zero-order chi connectivity index (χ0) is 9.14. The van der Waals surface area contributed by atoms with Gasteiger partial charge in [-0.1, -0.05) is 5.10 Å². The van der Waals surface area contributed by atoms with E-state index in [2.05, 4.69) is 14.8 Å². The van der Waals surface area contributed by atoms with Crippen molar-refractivity contribution in [3.8, 4) is 0 Å². The first-order valence-corrected chi connectivity index (χ1v) is 2.80. The molecular weight excluding hydrogens is 168 g/mol. The number of rotatable bonds is 2. The summed E-state index contributed by atoms with van der Waals surface area (Å²) in [6, 6.07) is 0. The first kappa shape index (κ1) is 8.11. The molecule has 0 radical (unpaired) electrons. The van der Waals surface area contributed by atoms with E-state index in [9.17, 15) is 14.9 Å². The van der Waals surface area contributed by atoms with E-state index >= 15 is 0 Å². The number of hydrogen-bond acceptors (Lipinski definition) is 6. The summed E-state index contributed by atoms with van der Waals surface area (Å²) in [7, 11) is 1.13. The molecule has 0 fully saturated rings. The van der Waals surface area contributed by atoms with Crippen LogP contribution in [0.15, 0.2) is 0 Å². The number of nitro groups is 1. The fraction of sp³-hybridized carbons (Fsp3) is 0.250. The van der Waals surface area contributed by atoms with Crippen LogP contribution in [0.4, 0.5) is 5.95 Å². The van der Waals surface area contributed by atoms with E-state index in [-0.39, 0.29) is 5.82 Å². The van der Waals surface area contributed by atoms with Crippen molar-refractivity contribution in [3.63, 3.8) is 0 Å². The van der Waals surface area contributed by atoms with Crippen LogP contribution in [0.2, 0.25) is 0 Å². The van der Waals surface area contributed by atoms with Gasteiger partial charge in [-0.15, -0.1) is 5.10 Å². The lowest BCUT2D eigenvalue weighted by Crippen LogP contribution is -2.03. The molecule has 0 bridgehead atoms. The highest BCUT2D eigenvalue weighted by molar-refractivity contribution is 5.85. The SMILES string of the molecule is COC(=O)c1n[nH]c([N+](=O)[O-])n1. The Morgan fingerprint density at radius 1 is 1.75 bits per heavy atom. The van der Waals surface area contributed by atoms with Crippen LogP contribution in [0.25, 0.3) is 0 Å². The van der Waals surface area contributed by atoms with Crippen LogP contribution in [0.1, 0.15) is 10.6 Å². The Balaban J connectivity index is 2.91. The van der Waals surface area contributed by atoms with Crippen molar-refractivity contribution < 1.29 is 14.5 Å². The Labute approximate surface area is 65.7 Å². The third-order valence-corrected chi connectivity index (χ3v) is 1.01. The third kappa shape index (κ3) is 1.36. The van der Waals surface area contributed by atoms with Gasteiger partial charge >= 0.3 is 17.7 Å². The highest BCUT2D eigenvalue weighted by Gasteiger charge is 2.20. The number of carbonyl (C=O) groups is 1. The summed E-state index contributed by atoms with van der Waals surface area (Å²) in [5.74, 6) is -1.76. The Morgan fingerprint density at radius 2 is 2.42 bits per heavy atom. The normalized spacial score (nSPS) is 9.42. The molecule has 0 saturated heterocycles. The molecule has 8 nitrogen and oxygen atoms in total. The monoisotopic (exact) mass is 172 g/mol. The lowest BCUT2D eigenvalue weighted by molar-refractivity contribution is -0.394. The molecule has 0 atom stereocenters. The number of hydrogen-bond donors (Lipinski definition) is 1. The third-order valence-electron chi connectivity index (χ3n) is 1.01. The standard InChI is InChI=1S/C4H4N4O4/c1-12-3(9)2-5-4(7-6-2)8(10)11/h1H3,(H,5,6,7). The molecule has 64 valence electrons. The molecule has 0 aromatic carbocycles. The Kier molecular flexibility index (Phi) is 1.99. The summed E-state index contributed by atoms with van der Waals surface area (Å²) in [5, 5.41) is 15.3. The van der Waals surface area contributed by atoms with Gasteiger partial charge in [0.15, 0.2) is 0 Å². The van der Waals surface area contributed by atoms with Crippen LogP contribution in [0.3, 0.4) is 0 Å². The van der Waals surface area contributed by atoms with Crippen LogP contribution < -0.4 is 0 Å². The smallest absolute Gasteiger partial charge is 0.454 e. The molecule has 0 spiro atoms. The van der Waals surface area contributed by atoms with Crippen molar-refractivity contribution in [1.29, 1.82) is 0 Å². The number of carbonyl (C=O) groups excluding carboxylic acids is 1. The molecule has 1 heterocycles. The second kappa shape index (κ2) is 2.95. The molecule has 0 saturated carbocycles. The van der Waals surface area contributed by atoms with Gasteiger partial charge in [0.25, 0.3) is 0 Å². The van der Waals surface area contributed by atoms with Crippen molar-refractivity contribution >= 4 is 11.9 Å². The maximum absolute atomic E-state index is 10.7. The Bertz CT molecular complexity index is 319. The lowest BCUT2D eigenvalue weighted by atomic mass is 10.6. The van der Waals surface area contributed by atoms with E-state index < -0.39 is 16.8 Å². The van der Waals surface area contributed by atoms with Gasteiger partial charge in [0.2, 0.25) is 0 Å². The van der Waals surface area contributed by atoms with Crippen molar-refractivity contribution in [2.24, 2.45) is 0 Å². The minimum absolute atomic E-state index is 0.357. The number of esters is 1. The first-order chi connectivity index (χ1) is 5.65. The van der Waals surface area contributed by atoms with E-state index in [0.29, 0.717) is 0 Å². The summed E-state index contributed by atoms with van der Waals surface area (Å²) in [6.07, 6.45) is 0. The largest absolute Gasteiger partial charge is 0.462 e. The van der Waals surface area contributed by atoms with Gasteiger partial charge in [0, 0.05) is 0 Å². The molecule has 1 rings (SSSR count). The van der Waals surface area contributed by atoms with Crippen LogP contribution in [0.5, 0.6) is 0 Å². The van der Waals surface area contributed by atoms with Gasteiger partial charge in [-0.3, -0.25) is 0 Å². The maximum Gasteiger partial charge on any atom is 0.454 e. The minimum atomic E-state index is -0.820. The summed E-state index contributed by atoms with van der Waals surface area (Å²) < 4.78 is 4.22. The molecule has 0 aliphatic rings. The number of nitrogens with zero attached hydrogens (tertiary/aromatic N) is 3. The van der Waals surface area contributed by atoms with Crippen molar-refractivity contribution in [2.75, 3.05) is 7.11 Å². The quantitative estimate of drug-likeness (QED) is 0.365. The van der Waals surface area contributed by atoms with Crippen LogP contribution in [-0.2, 0) is 4.74 Å². The van der Waals surface area contributed by atoms with Crippen molar-refractivity contribution in [2.45, 2.75) is 0 Å². The van der Waals surface area contributed by atoms with E-state index in [1.807, 2.05) is 5.10 Å². The molecule has 0 aliphatic heterocycles. The molecule has 1 aromatic rings. The average molecular weight is 172 g/mol. The fourth-order valence-corrected chi connectivity index (χ4v) is 0.517. The predicted molar refractivity (Wildman–Crippen MR) is 34.4 cm³/mol. The van der Waals surface area contributed by atoms with E-state index in [0.717, 1.165) is 7.11 Å². The number of methoxy groups -OCH3 is 1. The molecule has 8 heteroatoms. The van der Waals surface area contributed by atoms with E-state index in [1.165, 1.54) is 0 Å². The highest BCUT2D eigenvalue weighted by atomic mass is 16.6. The van der Waals surface area contributed by atoms with Crippen LogP contribution in [-0.4, -0.2) is 33.2 Å². The minimum Gasteiger partial charge on any atom is -0.462 e. The molecule has 0 unspecified atom stereocenters. The van der Waals surface area contributed by atoms with E-state index in [4.69, 9.17) is 0 Å². The average Bonchev–Trinajstić information content (AvgIpc) is 2.51. The summed E-state index contributed by atoms with van der Waals surface area (Å²) in [6.45, 7) is 0. The maximum atomic E-state index is 10.7. The van der Waals surface area contributed by atoms with Gasteiger partial charge < -0.3 is 14.9 Å². The Morgan fingerprint density at radius 3 is 2.83 bits per heavy atom. The van der Waals surface area contributed by atoms with Crippen LogP contribution >= 0.6 is 0 Å². The molecule has 1 aromatic heterocycles. The molecule has 1 N–H and O–H groups in total. The Hall–Kier alpha value is -1.99.